The summed E-state index contributed by atoms with van der Waals surface area (Å²) in [7, 11) is 1.69. The lowest BCUT2D eigenvalue weighted by Gasteiger charge is -2.37. The molecule has 0 bridgehead atoms. The second-order valence-electron chi connectivity index (χ2n) is 6.65. The highest BCUT2D eigenvalue weighted by Crippen LogP contribution is 2.35. The topological polar surface area (TPSA) is 54.3 Å². The third-order valence-corrected chi connectivity index (χ3v) is 4.92. The summed E-state index contributed by atoms with van der Waals surface area (Å²) in [6, 6.07) is 17.9. The van der Waals surface area contributed by atoms with Crippen molar-refractivity contribution in [1.29, 1.82) is 5.26 Å². The zero-order valence-corrected chi connectivity index (χ0v) is 16.0. The van der Waals surface area contributed by atoms with E-state index < -0.39 is 0 Å². The number of nitrogens with zero attached hydrogens (tertiary/aromatic N) is 1. The molecular weight excluding hydrogens is 348 g/mol. The number of hydrogen-bond donors (Lipinski definition) is 1. The van der Waals surface area contributed by atoms with Gasteiger partial charge in [-0.1, -0.05) is 25.1 Å². The Morgan fingerprint density at radius 1 is 1.12 bits per heavy atom. The molecule has 2 aromatic carbocycles. The first-order chi connectivity index (χ1) is 12.2. The van der Waals surface area contributed by atoms with E-state index in [1.54, 1.807) is 19.2 Å². The summed E-state index contributed by atoms with van der Waals surface area (Å²) in [6.07, 6.45) is 0. The maximum absolute atomic E-state index is 9.02. The molecule has 2 aromatic rings. The quantitative estimate of drug-likeness (QED) is 0.861. The van der Waals surface area contributed by atoms with E-state index in [1.807, 2.05) is 24.3 Å². The van der Waals surface area contributed by atoms with Crippen molar-refractivity contribution in [2.45, 2.75) is 12.8 Å². The predicted molar refractivity (Wildman–Crippen MR) is 105 cm³/mol. The van der Waals surface area contributed by atoms with Gasteiger partial charge < -0.3 is 14.8 Å². The molecule has 1 aliphatic heterocycles. The van der Waals surface area contributed by atoms with Crippen molar-refractivity contribution in [2.24, 2.45) is 11.8 Å². The molecule has 0 aliphatic carbocycles. The molecule has 26 heavy (non-hydrogen) atoms. The normalized spacial score (nSPS) is 22.0. The van der Waals surface area contributed by atoms with Crippen LogP contribution in [0.1, 0.15) is 24.0 Å². The Hall–Kier alpha value is -2.22. The molecule has 0 spiro atoms. The molecule has 3 unspecified atom stereocenters. The highest BCUT2D eigenvalue weighted by atomic mass is 35.5. The van der Waals surface area contributed by atoms with Crippen LogP contribution in [0.4, 0.5) is 0 Å². The van der Waals surface area contributed by atoms with Gasteiger partial charge in [0, 0.05) is 12.5 Å². The van der Waals surface area contributed by atoms with Crippen molar-refractivity contribution in [3.63, 3.8) is 0 Å². The predicted octanol–water partition coefficient (Wildman–Crippen LogP) is 4.01. The summed E-state index contributed by atoms with van der Waals surface area (Å²) in [5.74, 6) is 2.98. The zero-order chi connectivity index (χ0) is 17.6. The van der Waals surface area contributed by atoms with Crippen LogP contribution in [0.15, 0.2) is 48.5 Å². The largest absolute Gasteiger partial charge is 0.497 e. The van der Waals surface area contributed by atoms with E-state index in [2.05, 4.69) is 30.4 Å². The third kappa shape index (κ3) is 4.69. The van der Waals surface area contributed by atoms with Crippen LogP contribution in [0.3, 0.4) is 0 Å². The molecule has 0 aromatic heterocycles. The summed E-state index contributed by atoms with van der Waals surface area (Å²) in [5, 5.41) is 12.5. The highest BCUT2D eigenvalue weighted by Gasteiger charge is 2.32. The number of piperidine rings is 1. The summed E-state index contributed by atoms with van der Waals surface area (Å²) >= 11 is 0. The average Bonchev–Trinajstić information content (AvgIpc) is 2.67. The molecule has 3 atom stereocenters. The Balaban J connectivity index is 0.00000243. The van der Waals surface area contributed by atoms with E-state index in [-0.39, 0.29) is 12.4 Å². The molecule has 0 amide bonds. The number of halogens is 1. The highest BCUT2D eigenvalue weighted by molar-refractivity contribution is 5.85. The first-order valence-electron chi connectivity index (χ1n) is 8.69. The Labute approximate surface area is 161 Å². The number of benzene rings is 2. The first-order valence-corrected chi connectivity index (χ1v) is 8.69. The average molecular weight is 373 g/mol. The van der Waals surface area contributed by atoms with Crippen LogP contribution in [-0.2, 0) is 0 Å². The van der Waals surface area contributed by atoms with Gasteiger partial charge in [0.25, 0.3) is 0 Å². The molecule has 4 nitrogen and oxygen atoms in total. The maximum atomic E-state index is 9.02. The van der Waals surface area contributed by atoms with Gasteiger partial charge in [0.05, 0.1) is 25.3 Å². The molecule has 3 rings (SSSR count). The third-order valence-electron chi connectivity index (χ3n) is 4.92. The van der Waals surface area contributed by atoms with Gasteiger partial charge in [-0.05, 0) is 54.3 Å². The van der Waals surface area contributed by atoms with E-state index >= 15 is 0 Å². The van der Waals surface area contributed by atoms with E-state index in [4.69, 9.17) is 14.7 Å². The lowest BCUT2D eigenvalue weighted by atomic mass is 9.75. The van der Waals surface area contributed by atoms with Crippen molar-refractivity contribution >= 4 is 12.4 Å². The second-order valence-corrected chi connectivity index (χ2v) is 6.65. The minimum atomic E-state index is 0. The van der Waals surface area contributed by atoms with Crippen molar-refractivity contribution in [1.82, 2.24) is 5.32 Å². The van der Waals surface area contributed by atoms with Gasteiger partial charge in [-0.15, -0.1) is 12.4 Å². The maximum Gasteiger partial charge on any atom is 0.120 e. The number of nitriles is 1. The van der Waals surface area contributed by atoms with Crippen molar-refractivity contribution in [3.05, 3.63) is 59.7 Å². The molecule has 138 valence electrons. The molecule has 0 saturated carbocycles. The van der Waals surface area contributed by atoms with Crippen LogP contribution in [0.5, 0.6) is 11.5 Å². The minimum Gasteiger partial charge on any atom is -0.497 e. The van der Waals surface area contributed by atoms with Crippen LogP contribution < -0.4 is 14.8 Å². The lowest BCUT2D eigenvalue weighted by molar-refractivity contribution is 0.166. The summed E-state index contributed by atoms with van der Waals surface area (Å²) < 4.78 is 11.3. The van der Waals surface area contributed by atoms with Crippen LogP contribution in [0.2, 0.25) is 0 Å². The Kier molecular flexibility index (Phi) is 7.32. The van der Waals surface area contributed by atoms with Crippen molar-refractivity contribution < 1.29 is 9.47 Å². The molecule has 1 fully saturated rings. The number of methoxy groups -OCH3 is 1. The molecule has 1 N–H and O–H groups in total. The summed E-state index contributed by atoms with van der Waals surface area (Å²) in [6.45, 7) is 4.85. The van der Waals surface area contributed by atoms with Gasteiger partial charge in [0.15, 0.2) is 0 Å². The number of nitrogens with one attached hydrogen (secondary N) is 1. The monoisotopic (exact) mass is 372 g/mol. The number of ether oxygens (including phenoxy) is 2. The Bertz CT molecular complexity index is 742. The van der Waals surface area contributed by atoms with Gasteiger partial charge in [-0.25, -0.2) is 0 Å². The molecule has 0 radical (unpaired) electrons. The van der Waals surface area contributed by atoms with Crippen LogP contribution in [-0.4, -0.2) is 26.8 Å². The molecule has 1 aliphatic rings. The van der Waals surface area contributed by atoms with Gasteiger partial charge in [0.1, 0.15) is 11.5 Å². The fraction of sp³-hybridized carbons (Fsp3) is 0.381. The molecule has 1 heterocycles. The molecule has 1 saturated heterocycles. The second kappa shape index (κ2) is 9.47. The van der Waals surface area contributed by atoms with Crippen LogP contribution in [0.25, 0.3) is 0 Å². The van der Waals surface area contributed by atoms with E-state index in [0.717, 1.165) is 24.6 Å². The summed E-state index contributed by atoms with van der Waals surface area (Å²) in [5.41, 5.74) is 1.95. The summed E-state index contributed by atoms with van der Waals surface area (Å²) in [4.78, 5) is 0. The fourth-order valence-corrected chi connectivity index (χ4v) is 3.66. The van der Waals surface area contributed by atoms with Gasteiger partial charge in [0.2, 0.25) is 0 Å². The van der Waals surface area contributed by atoms with E-state index in [9.17, 15) is 0 Å². The fourth-order valence-electron chi connectivity index (χ4n) is 3.66. The van der Waals surface area contributed by atoms with Gasteiger partial charge in [-0.2, -0.15) is 5.26 Å². The lowest BCUT2D eigenvalue weighted by Crippen LogP contribution is -2.43. The van der Waals surface area contributed by atoms with Crippen molar-refractivity contribution in [3.8, 4) is 17.6 Å². The van der Waals surface area contributed by atoms with Gasteiger partial charge in [-0.3, -0.25) is 0 Å². The van der Waals surface area contributed by atoms with E-state index in [1.165, 1.54) is 5.56 Å². The van der Waals surface area contributed by atoms with E-state index in [0.29, 0.717) is 29.9 Å². The number of rotatable bonds is 5. The SMILES string of the molecule is COc1ccc(C2C(C)CNCC2COc2cccc(C#N)c2)cc1.Cl. The molecular formula is C21H25ClN2O2. The smallest absolute Gasteiger partial charge is 0.120 e. The standard InChI is InChI=1S/C21H24N2O2.ClH/c1-15-12-23-13-18(14-25-20-5-3-4-16(10-20)11-22)21(15)17-6-8-19(24-2)9-7-17;/h3-10,15,18,21,23H,12-14H2,1-2H3;1H. The molecule has 5 heteroatoms. The zero-order valence-electron chi connectivity index (χ0n) is 15.1. The van der Waals surface area contributed by atoms with Crippen LogP contribution >= 0.6 is 12.4 Å². The Morgan fingerprint density at radius 2 is 1.88 bits per heavy atom. The van der Waals surface area contributed by atoms with Gasteiger partial charge >= 0.3 is 0 Å². The first kappa shape index (κ1) is 20.1. The van der Waals surface area contributed by atoms with Crippen LogP contribution in [0, 0.1) is 23.2 Å². The minimum absolute atomic E-state index is 0. The number of hydrogen-bond acceptors (Lipinski definition) is 4. The van der Waals surface area contributed by atoms with Crippen molar-refractivity contribution in [2.75, 3.05) is 26.8 Å². The Morgan fingerprint density at radius 3 is 2.58 bits per heavy atom.